The van der Waals surface area contributed by atoms with Gasteiger partial charge in [0.05, 0.1) is 6.54 Å². The molecule has 8 heteroatoms. The van der Waals surface area contributed by atoms with E-state index in [1.54, 1.807) is 9.80 Å². The lowest BCUT2D eigenvalue weighted by atomic mass is 10.1. The molecule has 1 aromatic carbocycles. The summed E-state index contributed by atoms with van der Waals surface area (Å²) in [6, 6.07) is 8.79. The first-order valence-electron chi connectivity index (χ1n) is 8.23. The predicted molar refractivity (Wildman–Crippen MR) is 90.6 cm³/mol. The zero-order valence-corrected chi connectivity index (χ0v) is 14.5. The van der Waals surface area contributed by atoms with E-state index >= 15 is 0 Å². The molecule has 0 atom stereocenters. The van der Waals surface area contributed by atoms with Crippen LogP contribution in [0.25, 0.3) is 0 Å². The monoisotopic (exact) mass is 364 g/mol. The molecule has 0 N–H and O–H groups in total. The third-order valence-corrected chi connectivity index (χ3v) is 4.21. The Balaban J connectivity index is 1.73. The van der Waals surface area contributed by atoms with Crippen LogP contribution in [0.15, 0.2) is 30.3 Å². The van der Waals surface area contributed by atoms with E-state index in [1.807, 2.05) is 31.2 Å². The molecule has 2 aromatic rings. The van der Waals surface area contributed by atoms with Gasteiger partial charge in [-0.1, -0.05) is 29.8 Å². The normalized spacial score (nSPS) is 15.5. The van der Waals surface area contributed by atoms with Gasteiger partial charge in [0.25, 0.3) is 0 Å². The highest BCUT2D eigenvalue weighted by atomic mass is 19.4. The Morgan fingerprint density at radius 1 is 1.12 bits per heavy atom. The molecule has 2 heterocycles. The Hall–Kier alpha value is -2.64. The smallest absolute Gasteiger partial charge is 0.345 e. The first-order valence-corrected chi connectivity index (χ1v) is 8.23. The fourth-order valence-corrected chi connectivity index (χ4v) is 2.96. The molecule has 1 amide bonds. The number of carbonyl (C=O) groups excluding carboxylic acids is 1. The first-order chi connectivity index (χ1) is 12.2. The number of hydrogen-bond donors (Lipinski definition) is 0. The van der Waals surface area contributed by atoms with Crippen molar-refractivity contribution in [3.05, 3.63) is 53.0 Å². The van der Waals surface area contributed by atoms with E-state index in [-0.39, 0.29) is 24.1 Å². The summed E-state index contributed by atoms with van der Waals surface area (Å²) in [6.07, 6.45) is -4.54. The summed E-state index contributed by atoms with van der Waals surface area (Å²) >= 11 is 0. The summed E-state index contributed by atoms with van der Waals surface area (Å²) in [7, 11) is 0. The van der Waals surface area contributed by atoms with Gasteiger partial charge in [0, 0.05) is 25.7 Å². The number of anilines is 1. The summed E-state index contributed by atoms with van der Waals surface area (Å²) in [5.41, 5.74) is 1.16. The number of carbonyl (C=O) groups is 1. The number of nitrogens with zero attached hydrogens (tertiary/aromatic N) is 4. The molecule has 1 fully saturated rings. The topological polar surface area (TPSA) is 49.3 Å². The lowest BCUT2D eigenvalue weighted by Crippen LogP contribution is -2.50. The van der Waals surface area contributed by atoms with E-state index < -0.39 is 11.9 Å². The fraction of sp³-hybridized carbons (Fsp3) is 0.389. The lowest BCUT2D eigenvalue weighted by molar-refractivity contribution is -0.141. The molecule has 0 saturated carbocycles. The van der Waals surface area contributed by atoms with Gasteiger partial charge in [0.1, 0.15) is 17.3 Å². The van der Waals surface area contributed by atoms with Crippen molar-refractivity contribution in [2.75, 3.05) is 24.5 Å². The number of amides is 1. The Morgan fingerprint density at radius 3 is 2.54 bits per heavy atom. The largest absolute Gasteiger partial charge is 0.433 e. The van der Waals surface area contributed by atoms with Crippen molar-refractivity contribution >= 4 is 11.7 Å². The maximum absolute atomic E-state index is 12.9. The summed E-state index contributed by atoms with van der Waals surface area (Å²) < 4.78 is 38.8. The average molecular weight is 364 g/mol. The summed E-state index contributed by atoms with van der Waals surface area (Å²) in [5, 5.41) is 0. The van der Waals surface area contributed by atoms with Crippen LogP contribution in [0.5, 0.6) is 0 Å². The predicted octanol–water partition coefficient (Wildman–Crippen LogP) is 2.96. The number of benzene rings is 1. The van der Waals surface area contributed by atoms with E-state index in [2.05, 4.69) is 9.97 Å². The quantitative estimate of drug-likeness (QED) is 0.840. The molecule has 0 unspecified atom stereocenters. The van der Waals surface area contributed by atoms with Gasteiger partial charge < -0.3 is 9.80 Å². The number of aryl methyl sites for hydroxylation is 2. The minimum atomic E-state index is -4.54. The minimum absolute atomic E-state index is 0.000430. The second kappa shape index (κ2) is 6.93. The number of piperazine rings is 1. The molecule has 26 heavy (non-hydrogen) atoms. The molecule has 3 rings (SSSR count). The van der Waals surface area contributed by atoms with Gasteiger partial charge in [-0.05, 0) is 19.4 Å². The summed E-state index contributed by atoms with van der Waals surface area (Å²) in [4.78, 5) is 23.2. The van der Waals surface area contributed by atoms with Crippen LogP contribution in [-0.4, -0.2) is 40.4 Å². The minimum Gasteiger partial charge on any atom is -0.345 e. The van der Waals surface area contributed by atoms with Gasteiger partial charge in [0.15, 0.2) is 0 Å². The zero-order chi connectivity index (χ0) is 18.9. The molecule has 0 radical (unpaired) electrons. The molecule has 1 aliphatic heterocycles. The van der Waals surface area contributed by atoms with Crippen molar-refractivity contribution in [2.45, 2.75) is 26.6 Å². The number of alkyl halides is 3. The van der Waals surface area contributed by atoms with Crippen LogP contribution < -0.4 is 4.90 Å². The van der Waals surface area contributed by atoms with E-state index in [9.17, 15) is 18.0 Å². The van der Waals surface area contributed by atoms with Gasteiger partial charge in [-0.25, -0.2) is 9.97 Å². The number of rotatable bonds is 3. The van der Waals surface area contributed by atoms with Crippen molar-refractivity contribution in [1.29, 1.82) is 0 Å². The number of aromatic nitrogens is 2. The second-order valence-electron chi connectivity index (χ2n) is 6.38. The van der Waals surface area contributed by atoms with E-state index in [1.165, 1.54) is 6.92 Å². The molecule has 5 nitrogen and oxygen atoms in total. The zero-order valence-electron chi connectivity index (χ0n) is 14.5. The molecule has 1 saturated heterocycles. The highest BCUT2D eigenvalue weighted by molar-refractivity contribution is 5.82. The van der Waals surface area contributed by atoms with Crippen LogP contribution in [0.3, 0.4) is 0 Å². The third kappa shape index (κ3) is 4.12. The lowest BCUT2D eigenvalue weighted by Gasteiger charge is -2.35. The van der Waals surface area contributed by atoms with Crippen LogP contribution >= 0.6 is 0 Å². The van der Waals surface area contributed by atoms with Gasteiger partial charge in [-0.15, -0.1) is 0 Å². The van der Waals surface area contributed by atoms with Crippen LogP contribution in [0.4, 0.5) is 19.0 Å². The molecule has 0 bridgehead atoms. The van der Waals surface area contributed by atoms with Crippen molar-refractivity contribution < 1.29 is 18.0 Å². The highest BCUT2D eigenvalue weighted by Gasteiger charge is 2.34. The van der Waals surface area contributed by atoms with Crippen LogP contribution in [0, 0.1) is 13.8 Å². The van der Waals surface area contributed by atoms with E-state index in [0.717, 1.165) is 17.2 Å². The van der Waals surface area contributed by atoms with Crippen molar-refractivity contribution in [3.8, 4) is 0 Å². The van der Waals surface area contributed by atoms with Gasteiger partial charge in [-0.3, -0.25) is 4.79 Å². The van der Waals surface area contributed by atoms with Gasteiger partial charge >= 0.3 is 6.18 Å². The molecule has 0 spiro atoms. The Kier molecular flexibility index (Phi) is 4.84. The molecular weight excluding hydrogens is 345 g/mol. The van der Waals surface area contributed by atoms with Crippen molar-refractivity contribution in [1.82, 2.24) is 14.9 Å². The SMILES string of the molecule is Cc1cccc(CN2CCN(c3cc(C(F)(F)F)nc(C)n3)CC2=O)c1. The van der Waals surface area contributed by atoms with Crippen LogP contribution in [0.1, 0.15) is 22.6 Å². The van der Waals surface area contributed by atoms with E-state index in [4.69, 9.17) is 0 Å². The van der Waals surface area contributed by atoms with Crippen LogP contribution in [-0.2, 0) is 17.5 Å². The second-order valence-corrected chi connectivity index (χ2v) is 6.38. The van der Waals surface area contributed by atoms with Gasteiger partial charge in [0.2, 0.25) is 5.91 Å². The maximum Gasteiger partial charge on any atom is 0.433 e. The summed E-state index contributed by atoms with van der Waals surface area (Å²) in [5.74, 6) is 0.0282. The molecule has 1 aliphatic rings. The third-order valence-electron chi connectivity index (χ3n) is 4.21. The Bertz CT molecular complexity index is 822. The maximum atomic E-state index is 12.9. The number of hydrogen-bond acceptors (Lipinski definition) is 4. The standard InChI is InChI=1S/C18H19F3N4O/c1-12-4-3-5-14(8-12)10-25-7-6-24(11-17(25)26)16-9-15(18(19,20)21)22-13(2)23-16/h3-5,8-9H,6-7,10-11H2,1-2H3. The fourth-order valence-electron chi connectivity index (χ4n) is 2.96. The van der Waals surface area contributed by atoms with Crippen molar-refractivity contribution in [2.24, 2.45) is 0 Å². The van der Waals surface area contributed by atoms with Crippen molar-refractivity contribution in [3.63, 3.8) is 0 Å². The molecule has 0 aliphatic carbocycles. The Labute approximate surface area is 149 Å². The van der Waals surface area contributed by atoms with Crippen LogP contribution in [0.2, 0.25) is 0 Å². The Morgan fingerprint density at radius 2 is 1.88 bits per heavy atom. The number of halogens is 3. The highest BCUT2D eigenvalue weighted by Crippen LogP contribution is 2.30. The molecule has 1 aromatic heterocycles. The average Bonchev–Trinajstić information content (AvgIpc) is 2.55. The summed E-state index contributed by atoms with van der Waals surface area (Å²) in [6.45, 7) is 4.74. The first kappa shape index (κ1) is 18.2. The van der Waals surface area contributed by atoms with Gasteiger partial charge in [-0.2, -0.15) is 13.2 Å². The molecular formula is C18H19F3N4O. The van der Waals surface area contributed by atoms with E-state index in [0.29, 0.717) is 19.6 Å². The molecule has 138 valence electrons.